The molecule has 32 heavy (non-hydrogen) atoms. The zero-order chi connectivity index (χ0) is 20.8. The van der Waals surface area contributed by atoms with Gasteiger partial charge in [-0.2, -0.15) is 0 Å². The van der Waals surface area contributed by atoms with E-state index in [1.165, 1.54) is 0 Å². The Labute approximate surface area is 197 Å². The molecule has 12 aliphatic carbocycles. The minimum absolute atomic E-state index is 0.804. The van der Waals surface area contributed by atoms with Crippen molar-refractivity contribution in [1.29, 1.82) is 0 Å². The Bertz CT molecular complexity index is 667. The highest BCUT2D eigenvalue weighted by Gasteiger charge is 2.63. The third-order valence-electron chi connectivity index (χ3n) is 14.1. The van der Waals surface area contributed by atoms with Crippen LogP contribution in [0.5, 0.6) is 0 Å². The molecule has 0 aromatic carbocycles. The summed E-state index contributed by atoms with van der Waals surface area (Å²) < 4.78 is 0. The van der Waals surface area contributed by atoms with Crippen molar-refractivity contribution in [3.63, 3.8) is 0 Å². The Kier molecular flexibility index (Phi) is 3.62. The molecule has 0 nitrogen and oxygen atoms in total. The van der Waals surface area contributed by atoms with Crippen molar-refractivity contribution in [2.75, 3.05) is 0 Å². The minimum Gasteiger partial charge on any atom is -0.0475 e. The highest BCUT2D eigenvalue weighted by molar-refractivity contribution is 5.14. The topological polar surface area (TPSA) is 0 Å². The van der Waals surface area contributed by atoms with Gasteiger partial charge in [0, 0.05) is 0 Å². The van der Waals surface area contributed by atoms with E-state index in [0.717, 1.165) is 69.0 Å². The Hall–Kier alpha value is 0. The van der Waals surface area contributed by atoms with E-state index < -0.39 is 0 Å². The Morgan fingerprint density at radius 1 is 0.312 bits per heavy atom. The SMILES string of the molecule is C1C2CC3CC1CC(CC14CC5CC(C1)CC(CC16CC7CC(CC(C7)C1)C6)(C5)C4)(C2)C3. The predicted octanol–water partition coefficient (Wildman–Crippen LogP) is 8.79. The summed E-state index contributed by atoms with van der Waals surface area (Å²) >= 11 is 0. The molecule has 12 aliphatic rings. The quantitative estimate of drug-likeness (QED) is 0.416. The lowest BCUT2D eigenvalue weighted by molar-refractivity contribution is -0.176. The fourth-order valence-electron chi connectivity index (χ4n) is 15.7. The summed E-state index contributed by atoms with van der Waals surface area (Å²) in [5, 5.41) is 0. The molecule has 0 atom stereocenters. The van der Waals surface area contributed by atoms with Crippen molar-refractivity contribution in [3.05, 3.63) is 0 Å². The van der Waals surface area contributed by atoms with E-state index in [2.05, 4.69) is 0 Å². The molecule has 0 aromatic rings. The monoisotopic (exact) mass is 432 g/mol. The number of rotatable bonds is 4. The van der Waals surface area contributed by atoms with Gasteiger partial charge in [0.05, 0.1) is 0 Å². The van der Waals surface area contributed by atoms with Crippen LogP contribution in [0.4, 0.5) is 0 Å². The van der Waals surface area contributed by atoms with E-state index in [9.17, 15) is 0 Å². The van der Waals surface area contributed by atoms with Gasteiger partial charge in [0.2, 0.25) is 0 Å². The largest absolute Gasteiger partial charge is 0.0475 e. The molecule has 0 unspecified atom stereocenters. The maximum absolute atomic E-state index is 1.71. The van der Waals surface area contributed by atoms with Crippen molar-refractivity contribution < 1.29 is 0 Å². The molecular weight excluding hydrogens is 384 g/mol. The standard InChI is InChI=1S/C32H48/c1-21-2-23-3-22(1)9-29(8-21,10-23)18-31-14-27-7-28(15-31)17-32(16-27,20-31)19-30-11-24-4-25(12-30)6-26(5-24)13-30/h21-28H,1-20H2. The van der Waals surface area contributed by atoms with Crippen LogP contribution in [0.1, 0.15) is 128 Å². The summed E-state index contributed by atoms with van der Waals surface area (Å²) in [6.07, 6.45) is 33.2. The van der Waals surface area contributed by atoms with Crippen LogP contribution in [0, 0.1) is 69.0 Å². The molecule has 0 heterocycles. The fourth-order valence-corrected chi connectivity index (χ4v) is 15.7. The normalized spacial score (nSPS) is 65.2. The van der Waals surface area contributed by atoms with Gasteiger partial charge in [0.15, 0.2) is 0 Å². The molecule has 0 radical (unpaired) electrons. The van der Waals surface area contributed by atoms with Crippen LogP contribution in [0.3, 0.4) is 0 Å². The van der Waals surface area contributed by atoms with E-state index in [4.69, 9.17) is 0 Å². The van der Waals surface area contributed by atoms with Crippen LogP contribution in [0.15, 0.2) is 0 Å². The van der Waals surface area contributed by atoms with Crippen LogP contribution in [-0.2, 0) is 0 Å². The molecule has 12 bridgehead atoms. The average molecular weight is 433 g/mol. The Morgan fingerprint density at radius 2 is 0.562 bits per heavy atom. The average Bonchev–Trinajstić information content (AvgIpc) is 2.62. The van der Waals surface area contributed by atoms with Crippen molar-refractivity contribution >= 4 is 0 Å². The number of hydrogen-bond donors (Lipinski definition) is 0. The van der Waals surface area contributed by atoms with E-state index in [1.54, 1.807) is 128 Å². The van der Waals surface area contributed by atoms with Crippen LogP contribution in [0.25, 0.3) is 0 Å². The molecule has 0 amide bonds. The first-order valence-corrected chi connectivity index (χ1v) is 15.5. The summed E-state index contributed by atoms with van der Waals surface area (Å²) in [5.74, 6) is 9.17. The van der Waals surface area contributed by atoms with Gasteiger partial charge in [-0.3, -0.25) is 0 Å². The van der Waals surface area contributed by atoms with Crippen LogP contribution >= 0.6 is 0 Å². The van der Waals surface area contributed by atoms with Crippen LogP contribution < -0.4 is 0 Å². The van der Waals surface area contributed by atoms with Gasteiger partial charge < -0.3 is 0 Å². The van der Waals surface area contributed by atoms with Gasteiger partial charge in [-0.1, -0.05) is 0 Å². The van der Waals surface area contributed by atoms with E-state index in [1.807, 2.05) is 0 Å². The zero-order valence-corrected chi connectivity index (χ0v) is 20.8. The van der Waals surface area contributed by atoms with Crippen LogP contribution in [-0.4, -0.2) is 0 Å². The van der Waals surface area contributed by atoms with Crippen molar-refractivity contribution in [2.24, 2.45) is 69.0 Å². The summed E-state index contributed by atoms with van der Waals surface area (Å²) in [4.78, 5) is 0. The summed E-state index contributed by atoms with van der Waals surface area (Å²) in [7, 11) is 0. The lowest BCUT2D eigenvalue weighted by atomic mass is 9.37. The third kappa shape index (κ3) is 2.74. The van der Waals surface area contributed by atoms with Gasteiger partial charge in [-0.15, -0.1) is 0 Å². The molecule has 176 valence electrons. The third-order valence-corrected chi connectivity index (χ3v) is 14.1. The van der Waals surface area contributed by atoms with E-state index in [0.29, 0.717) is 0 Å². The second-order valence-electron chi connectivity index (χ2n) is 17.1. The molecule has 0 aliphatic heterocycles. The molecular formula is C32H48. The Morgan fingerprint density at radius 3 is 0.875 bits per heavy atom. The zero-order valence-electron chi connectivity index (χ0n) is 20.8. The highest BCUT2D eigenvalue weighted by atomic mass is 14.7. The molecule has 0 heteroatoms. The van der Waals surface area contributed by atoms with Gasteiger partial charge in [0.1, 0.15) is 0 Å². The lowest BCUT2D eigenvalue weighted by Crippen LogP contribution is -2.57. The van der Waals surface area contributed by atoms with Crippen molar-refractivity contribution in [3.8, 4) is 0 Å². The van der Waals surface area contributed by atoms with E-state index in [-0.39, 0.29) is 0 Å². The van der Waals surface area contributed by atoms with Gasteiger partial charge >= 0.3 is 0 Å². The first kappa shape index (κ1) is 19.2. The number of hydrogen-bond acceptors (Lipinski definition) is 0. The van der Waals surface area contributed by atoms with Crippen LogP contribution in [0.2, 0.25) is 0 Å². The van der Waals surface area contributed by atoms with Gasteiger partial charge in [-0.25, -0.2) is 0 Å². The first-order valence-electron chi connectivity index (χ1n) is 15.5. The second kappa shape index (κ2) is 6.03. The molecule has 0 saturated heterocycles. The van der Waals surface area contributed by atoms with Gasteiger partial charge in [-0.05, 0) is 197 Å². The predicted molar refractivity (Wildman–Crippen MR) is 130 cm³/mol. The molecule has 0 aromatic heterocycles. The molecule has 0 spiro atoms. The molecule has 12 fully saturated rings. The maximum Gasteiger partial charge on any atom is -0.0282 e. The lowest BCUT2D eigenvalue weighted by Gasteiger charge is -2.68. The van der Waals surface area contributed by atoms with Gasteiger partial charge in [0.25, 0.3) is 0 Å². The summed E-state index contributed by atoms with van der Waals surface area (Å²) in [5.41, 5.74) is 3.25. The summed E-state index contributed by atoms with van der Waals surface area (Å²) in [6, 6.07) is 0. The smallest absolute Gasteiger partial charge is 0.0282 e. The molecule has 0 N–H and O–H groups in total. The fraction of sp³-hybridized carbons (Fsp3) is 1.00. The maximum atomic E-state index is 1.71. The van der Waals surface area contributed by atoms with Crippen molar-refractivity contribution in [1.82, 2.24) is 0 Å². The minimum atomic E-state index is 0.804. The van der Waals surface area contributed by atoms with Crippen molar-refractivity contribution in [2.45, 2.75) is 128 Å². The molecule has 12 rings (SSSR count). The molecule has 12 saturated carbocycles. The van der Waals surface area contributed by atoms with E-state index >= 15 is 0 Å². The first-order chi connectivity index (χ1) is 15.5. The second-order valence-corrected chi connectivity index (χ2v) is 17.1. The Balaban J connectivity index is 1.02. The highest BCUT2D eigenvalue weighted by Crippen LogP contribution is 2.74. The summed E-state index contributed by atoms with van der Waals surface area (Å²) in [6.45, 7) is 0.